The van der Waals surface area contributed by atoms with Gasteiger partial charge in [-0.1, -0.05) is 0 Å². The molecule has 0 saturated carbocycles. The van der Waals surface area contributed by atoms with Gasteiger partial charge in [-0.2, -0.15) is 8.42 Å². The molecule has 0 saturated heterocycles. The van der Waals surface area contributed by atoms with Crippen LogP contribution in [0.3, 0.4) is 0 Å². The van der Waals surface area contributed by atoms with Gasteiger partial charge in [0, 0.05) is 0 Å². The zero-order valence-electron chi connectivity index (χ0n) is 9.19. The third kappa shape index (κ3) is 3.58. The lowest BCUT2D eigenvalue weighted by Crippen LogP contribution is -2.30. The van der Waals surface area contributed by atoms with E-state index >= 15 is 0 Å². The second kappa shape index (κ2) is 4.15. The summed E-state index contributed by atoms with van der Waals surface area (Å²) in [6.07, 6.45) is 0. The van der Waals surface area contributed by atoms with Crippen LogP contribution in [0.1, 0.15) is 0 Å². The van der Waals surface area contributed by atoms with Crippen LogP contribution in [0.4, 0.5) is 4.39 Å². The maximum Gasteiger partial charge on any atom is 0.298 e. The first kappa shape index (κ1) is 13.1. The molecule has 1 rings (SSSR count). The molecule has 0 aliphatic rings. The van der Waals surface area contributed by atoms with Gasteiger partial charge in [0.15, 0.2) is 0 Å². The molecule has 0 aromatic heterocycles. The van der Waals surface area contributed by atoms with Crippen molar-refractivity contribution in [3.8, 4) is 5.75 Å². The van der Waals surface area contributed by atoms with Gasteiger partial charge in [0.05, 0.1) is 0 Å². The van der Waals surface area contributed by atoms with Gasteiger partial charge in [0.25, 0.3) is 10.1 Å². The number of rotatable bonds is 3. The standard InChI is InChI=1S/C9H13FO4SSi/c1-16(2,3)14-8-5-4-7(10)6-9(8)15(11,12)13/h4-6H,1-3H3,(H,11,12,13). The molecule has 7 heteroatoms. The van der Waals surface area contributed by atoms with E-state index < -0.39 is 29.1 Å². The third-order valence-corrected chi connectivity index (χ3v) is 3.31. The van der Waals surface area contributed by atoms with Crippen LogP contribution in [0.25, 0.3) is 0 Å². The number of hydrogen-bond donors (Lipinski definition) is 1. The van der Waals surface area contributed by atoms with Gasteiger partial charge in [-0.05, 0) is 37.8 Å². The zero-order valence-corrected chi connectivity index (χ0v) is 11.0. The smallest absolute Gasteiger partial charge is 0.298 e. The van der Waals surface area contributed by atoms with Crippen LogP contribution in [0.2, 0.25) is 19.6 Å². The summed E-state index contributed by atoms with van der Waals surface area (Å²) in [7, 11) is -6.49. The molecule has 1 N–H and O–H groups in total. The van der Waals surface area contributed by atoms with E-state index in [9.17, 15) is 12.8 Å². The SMILES string of the molecule is C[Si](C)(C)Oc1ccc(F)cc1S(=O)(=O)O. The van der Waals surface area contributed by atoms with Crippen molar-refractivity contribution < 1.29 is 21.8 Å². The van der Waals surface area contributed by atoms with Crippen LogP contribution < -0.4 is 4.43 Å². The van der Waals surface area contributed by atoms with Crippen molar-refractivity contribution >= 4 is 18.4 Å². The second-order valence-electron chi connectivity index (χ2n) is 4.28. The Labute approximate surface area is 94.9 Å². The topological polar surface area (TPSA) is 63.6 Å². The van der Waals surface area contributed by atoms with E-state index in [0.717, 1.165) is 12.1 Å². The Morgan fingerprint density at radius 3 is 2.31 bits per heavy atom. The molecule has 0 aliphatic heterocycles. The summed E-state index contributed by atoms with van der Waals surface area (Å²) < 4.78 is 49.3. The number of hydrogen-bond acceptors (Lipinski definition) is 3. The van der Waals surface area contributed by atoms with Crippen LogP contribution in [0, 0.1) is 5.82 Å². The maximum atomic E-state index is 12.9. The highest BCUT2D eigenvalue weighted by molar-refractivity contribution is 7.86. The summed E-state index contributed by atoms with van der Waals surface area (Å²) >= 11 is 0. The van der Waals surface area contributed by atoms with Gasteiger partial charge >= 0.3 is 0 Å². The largest absolute Gasteiger partial charge is 0.543 e. The summed E-state index contributed by atoms with van der Waals surface area (Å²) in [5.41, 5.74) is 0. The van der Waals surface area contributed by atoms with Crippen LogP contribution in [0.15, 0.2) is 23.1 Å². The van der Waals surface area contributed by atoms with Crippen LogP contribution in [-0.2, 0) is 10.1 Å². The van der Waals surface area contributed by atoms with Crippen molar-refractivity contribution in [2.75, 3.05) is 0 Å². The Morgan fingerprint density at radius 1 is 1.31 bits per heavy atom. The fourth-order valence-corrected chi connectivity index (χ4v) is 2.63. The minimum absolute atomic E-state index is 0.0110. The van der Waals surface area contributed by atoms with E-state index in [-0.39, 0.29) is 5.75 Å². The lowest BCUT2D eigenvalue weighted by Gasteiger charge is -2.20. The maximum absolute atomic E-state index is 12.9. The molecular formula is C9H13FO4SSi. The molecule has 1 aromatic carbocycles. The van der Waals surface area contributed by atoms with Crippen LogP contribution in [0.5, 0.6) is 5.75 Å². The van der Waals surface area contributed by atoms with E-state index in [0.29, 0.717) is 0 Å². The predicted molar refractivity (Wildman–Crippen MR) is 60.2 cm³/mol. The minimum atomic E-state index is -4.47. The first-order valence-electron chi connectivity index (χ1n) is 4.56. The Morgan fingerprint density at radius 2 is 1.88 bits per heavy atom. The molecule has 0 amide bonds. The fourth-order valence-electron chi connectivity index (χ4n) is 1.10. The summed E-state index contributed by atoms with van der Waals surface area (Å²) in [5.74, 6) is -0.751. The van der Waals surface area contributed by atoms with Crippen LogP contribution in [-0.4, -0.2) is 21.3 Å². The van der Waals surface area contributed by atoms with Gasteiger partial charge in [-0.25, -0.2) is 4.39 Å². The summed E-state index contributed by atoms with van der Waals surface area (Å²) in [6, 6.07) is 3.03. The van der Waals surface area contributed by atoms with E-state index in [2.05, 4.69) is 0 Å². The lowest BCUT2D eigenvalue weighted by molar-refractivity contribution is 0.470. The molecule has 4 nitrogen and oxygen atoms in total. The van der Waals surface area contributed by atoms with E-state index in [4.69, 9.17) is 8.98 Å². The van der Waals surface area contributed by atoms with Gasteiger partial charge in [0.1, 0.15) is 16.5 Å². The highest BCUT2D eigenvalue weighted by Gasteiger charge is 2.23. The summed E-state index contributed by atoms with van der Waals surface area (Å²) in [5, 5.41) is 0. The van der Waals surface area contributed by atoms with Crippen molar-refractivity contribution in [3.05, 3.63) is 24.0 Å². The van der Waals surface area contributed by atoms with Gasteiger partial charge in [-0.3, -0.25) is 4.55 Å². The van der Waals surface area contributed by atoms with Crippen LogP contribution >= 0.6 is 0 Å². The normalized spacial score (nSPS) is 12.6. The molecule has 0 radical (unpaired) electrons. The van der Waals surface area contributed by atoms with E-state index in [1.54, 1.807) is 0 Å². The summed E-state index contributed by atoms with van der Waals surface area (Å²) in [4.78, 5) is -0.532. The van der Waals surface area contributed by atoms with Gasteiger partial charge in [-0.15, -0.1) is 0 Å². The molecule has 0 fully saturated rings. The molecule has 16 heavy (non-hydrogen) atoms. The quantitative estimate of drug-likeness (QED) is 0.672. The monoisotopic (exact) mass is 264 g/mol. The average Bonchev–Trinajstić information content (AvgIpc) is 2.04. The Hall–Kier alpha value is -0.923. The minimum Gasteiger partial charge on any atom is -0.543 e. The molecule has 0 unspecified atom stereocenters. The van der Waals surface area contributed by atoms with Gasteiger partial charge < -0.3 is 4.43 Å². The van der Waals surface area contributed by atoms with Crippen molar-refractivity contribution in [3.63, 3.8) is 0 Å². The summed E-state index contributed by atoms with van der Waals surface area (Å²) in [6.45, 7) is 5.55. The highest BCUT2D eigenvalue weighted by atomic mass is 32.2. The van der Waals surface area contributed by atoms with Crippen molar-refractivity contribution in [1.82, 2.24) is 0 Å². The Kier molecular flexibility index (Phi) is 3.41. The number of benzene rings is 1. The van der Waals surface area contributed by atoms with Crippen molar-refractivity contribution in [2.45, 2.75) is 24.5 Å². The fraction of sp³-hybridized carbons (Fsp3) is 0.333. The Balaban J connectivity index is 3.30. The van der Waals surface area contributed by atoms with E-state index in [1.807, 2.05) is 19.6 Å². The van der Waals surface area contributed by atoms with Crippen molar-refractivity contribution in [2.24, 2.45) is 0 Å². The second-order valence-corrected chi connectivity index (χ2v) is 10.1. The molecule has 90 valence electrons. The molecule has 1 aromatic rings. The lowest BCUT2D eigenvalue weighted by atomic mass is 10.3. The molecule has 0 heterocycles. The first-order valence-corrected chi connectivity index (χ1v) is 9.40. The molecular weight excluding hydrogens is 251 g/mol. The predicted octanol–water partition coefficient (Wildman–Crippen LogP) is 2.29. The third-order valence-electron chi connectivity index (χ3n) is 1.60. The Bertz CT molecular complexity index is 493. The molecule has 0 atom stereocenters. The molecule has 0 aliphatic carbocycles. The van der Waals surface area contributed by atoms with E-state index in [1.165, 1.54) is 6.07 Å². The first-order chi connectivity index (χ1) is 7.09. The molecule has 0 spiro atoms. The average molecular weight is 264 g/mol. The number of halogens is 1. The molecule has 0 bridgehead atoms. The van der Waals surface area contributed by atoms with Crippen molar-refractivity contribution in [1.29, 1.82) is 0 Å². The van der Waals surface area contributed by atoms with Gasteiger partial charge in [0.2, 0.25) is 8.32 Å². The highest BCUT2D eigenvalue weighted by Crippen LogP contribution is 2.26. The zero-order chi connectivity index (χ0) is 12.6.